The van der Waals surface area contributed by atoms with Crippen LogP contribution in [0.1, 0.15) is 46.2 Å². The van der Waals surface area contributed by atoms with Crippen molar-refractivity contribution in [2.45, 2.75) is 53.1 Å². The van der Waals surface area contributed by atoms with Gasteiger partial charge in [-0.05, 0) is 30.7 Å². The standard InChI is InChI=1S/C14H27N3/c1-11(2)8-14(9-12(3)4)15-10-13-6-7-17(5)16-13/h6-7,11-12,14-15H,8-10H2,1-5H3. The largest absolute Gasteiger partial charge is 0.308 e. The van der Waals surface area contributed by atoms with Crippen LogP contribution in [-0.4, -0.2) is 15.8 Å². The Morgan fingerprint density at radius 2 is 1.76 bits per heavy atom. The van der Waals surface area contributed by atoms with E-state index in [1.807, 2.05) is 17.9 Å². The number of rotatable bonds is 7. The highest BCUT2D eigenvalue weighted by molar-refractivity contribution is 4.98. The predicted molar refractivity (Wildman–Crippen MR) is 72.7 cm³/mol. The summed E-state index contributed by atoms with van der Waals surface area (Å²) in [5.41, 5.74) is 1.13. The van der Waals surface area contributed by atoms with Gasteiger partial charge in [0.15, 0.2) is 0 Å². The maximum atomic E-state index is 4.40. The molecular weight excluding hydrogens is 210 g/mol. The van der Waals surface area contributed by atoms with Gasteiger partial charge in [-0.3, -0.25) is 4.68 Å². The molecule has 0 fully saturated rings. The summed E-state index contributed by atoms with van der Waals surface area (Å²) < 4.78 is 1.86. The third kappa shape index (κ3) is 5.87. The summed E-state index contributed by atoms with van der Waals surface area (Å²) in [6.45, 7) is 10.0. The van der Waals surface area contributed by atoms with Crippen molar-refractivity contribution in [2.75, 3.05) is 0 Å². The summed E-state index contributed by atoms with van der Waals surface area (Å²) in [4.78, 5) is 0. The molecule has 0 radical (unpaired) electrons. The molecule has 1 N–H and O–H groups in total. The number of hydrogen-bond donors (Lipinski definition) is 1. The zero-order valence-corrected chi connectivity index (χ0v) is 11.9. The smallest absolute Gasteiger partial charge is 0.0762 e. The van der Waals surface area contributed by atoms with E-state index in [-0.39, 0.29) is 0 Å². The fourth-order valence-electron chi connectivity index (χ4n) is 2.21. The van der Waals surface area contributed by atoms with Crippen molar-refractivity contribution < 1.29 is 0 Å². The van der Waals surface area contributed by atoms with Crippen LogP contribution in [0.2, 0.25) is 0 Å². The van der Waals surface area contributed by atoms with Gasteiger partial charge in [-0.25, -0.2) is 0 Å². The Labute approximate surface area is 106 Å². The van der Waals surface area contributed by atoms with Crippen molar-refractivity contribution >= 4 is 0 Å². The molecule has 98 valence electrons. The van der Waals surface area contributed by atoms with Crippen LogP contribution in [0.25, 0.3) is 0 Å². The van der Waals surface area contributed by atoms with E-state index in [1.54, 1.807) is 0 Å². The highest BCUT2D eigenvalue weighted by atomic mass is 15.3. The average molecular weight is 237 g/mol. The molecule has 0 aliphatic rings. The van der Waals surface area contributed by atoms with E-state index >= 15 is 0 Å². The molecule has 0 amide bonds. The third-order valence-corrected chi connectivity index (χ3v) is 2.85. The first-order valence-electron chi connectivity index (χ1n) is 6.69. The molecule has 0 aliphatic heterocycles. The summed E-state index contributed by atoms with van der Waals surface area (Å²) in [6.07, 6.45) is 4.48. The summed E-state index contributed by atoms with van der Waals surface area (Å²) in [6, 6.07) is 2.69. The van der Waals surface area contributed by atoms with Gasteiger partial charge in [0.2, 0.25) is 0 Å². The Morgan fingerprint density at radius 1 is 1.18 bits per heavy atom. The van der Waals surface area contributed by atoms with Crippen molar-refractivity contribution in [3.63, 3.8) is 0 Å². The molecule has 1 heterocycles. The summed E-state index contributed by atoms with van der Waals surface area (Å²) in [7, 11) is 1.96. The third-order valence-electron chi connectivity index (χ3n) is 2.85. The fraction of sp³-hybridized carbons (Fsp3) is 0.786. The van der Waals surface area contributed by atoms with E-state index in [0.29, 0.717) is 6.04 Å². The van der Waals surface area contributed by atoms with Crippen LogP contribution >= 0.6 is 0 Å². The van der Waals surface area contributed by atoms with Crippen molar-refractivity contribution in [3.05, 3.63) is 18.0 Å². The van der Waals surface area contributed by atoms with Crippen LogP contribution in [0.4, 0.5) is 0 Å². The lowest BCUT2D eigenvalue weighted by atomic mass is 9.95. The molecule has 0 spiro atoms. The second-order valence-electron chi connectivity index (χ2n) is 5.82. The highest BCUT2D eigenvalue weighted by Gasteiger charge is 2.12. The first-order chi connectivity index (χ1) is 7.97. The van der Waals surface area contributed by atoms with Crippen LogP contribution in [0, 0.1) is 11.8 Å². The average Bonchev–Trinajstić information content (AvgIpc) is 2.59. The molecule has 1 rings (SSSR count). The number of nitrogens with zero attached hydrogens (tertiary/aromatic N) is 2. The molecule has 0 aromatic carbocycles. The minimum absolute atomic E-state index is 0.608. The lowest BCUT2D eigenvalue weighted by Gasteiger charge is -2.22. The zero-order valence-electron chi connectivity index (χ0n) is 11.9. The predicted octanol–water partition coefficient (Wildman–Crippen LogP) is 2.97. The first-order valence-corrected chi connectivity index (χ1v) is 6.69. The number of hydrogen-bond acceptors (Lipinski definition) is 2. The van der Waals surface area contributed by atoms with Crippen LogP contribution in [-0.2, 0) is 13.6 Å². The normalized spacial score (nSPS) is 12.0. The second kappa shape index (κ2) is 6.80. The monoisotopic (exact) mass is 237 g/mol. The highest BCUT2D eigenvalue weighted by Crippen LogP contribution is 2.13. The van der Waals surface area contributed by atoms with Gasteiger partial charge in [0.1, 0.15) is 0 Å². The molecule has 0 aliphatic carbocycles. The van der Waals surface area contributed by atoms with E-state index < -0.39 is 0 Å². The minimum Gasteiger partial charge on any atom is -0.308 e. The fourth-order valence-corrected chi connectivity index (χ4v) is 2.21. The van der Waals surface area contributed by atoms with Crippen molar-refractivity contribution in [3.8, 4) is 0 Å². The van der Waals surface area contributed by atoms with Crippen LogP contribution in [0.3, 0.4) is 0 Å². The van der Waals surface area contributed by atoms with Crippen molar-refractivity contribution in [1.82, 2.24) is 15.1 Å². The topological polar surface area (TPSA) is 29.9 Å². The van der Waals surface area contributed by atoms with Gasteiger partial charge in [0, 0.05) is 25.8 Å². The van der Waals surface area contributed by atoms with Gasteiger partial charge >= 0.3 is 0 Å². The molecular formula is C14H27N3. The minimum atomic E-state index is 0.608. The molecule has 0 saturated carbocycles. The summed E-state index contributed by atoms with van der Waals surface area (Å²) in [5.74, 6) is 1.49. The molecule has 0 bridgehead atoms. The molecule has 0 atom stereocenters. The Balaban J connectivity index is 2.42. The van der Waals surface area contributed by atoms with Gasteiger partial charge in [-0.2, -0.15) is 5.10 Å². The van der Waals surface area contributed by atoms with Crippen molar-refractivity contribution in [2.24, 2.45) is 18.9 Å². The SMILES string of the molecule is CC(C)CC(CC(C)C)NCc1ccn(C)n1. The van der Waals surface area contributed by atoms with Crippen molar-refractivity contribution in [1.29, 1.82) is 0 Å². The van der Waals surface area contributed by atoms with Crippen LogP contribution in [0.15, 0.2) is 12.3 Å². The Hall–Kier alpha value is -0.830. The van der Waals surface area contributed by atoms with Gasteiger partial charge in [0.05, 0.1) is 5.69 Å². The summed E-state index contributed by atoms with van der Waals surface area (Å²) in [5, 5.41) is 8.03. The lowest BCUT2D eigenvalue weighted by Crippen LogP contribution is -2.31. The molecule has 0 saturated heterocycles. The molecule has 1 aromatic heterocycles. The molecule has 3 heteroatoms. The Kier molecular flexibility index (Phi) is 5.69. The van der Waals surface area contributed by atoms with Gasteiger partial charge in [-0.15, -0.1) is 0 Å². The molecule has 1 aromatic rings. The molecule has 0 unspecified atom stereocenters. The first kappa shape index (κ1) is 14.2. The van der Waals surface area contributed by atoms with E-state index in [4.69, 9.17) is 0 Å². The maximum Gasteiger partial charge on any atom is 0.0762 e. The molecule has 3 nitrogen and oxygen atoms in total. The Bertz CT molecular complexity index is 305. The lowest BCUT2D eigenvalue weighted by molar-refractivity contribution is 0.356. The number of aromatic nitrogens is 2. The number of aryl methyl sites for hydroxylation is 1. The van der Waals surface area contributed by atoms with Gasteiger partial charge in [-0.1, -0.05) is 27.7 Å². The van der Waals surface area contributed by atoms with E-state index in [9.17, 15) is 0 Å². The van der Waals surface area contributed by atoms with Gasteiger partial charge < -0.3 is 5.32 Å². The number of nitrogens with one attached hydrogen (secondary N) is 1. The zero-order chi connectivity index (χ0) is 12.8. The second-order valence-corrected chi connectivity index (χ2v) is 5.82. The maximum absolute atomic E-state index is 4.40. The van der Waals surface area contributed by atoms with Gasteiger partial charge in [0.25, 0.3) is 0 Å². The summed E-state index contributed by atoms with van der Waals surface area (Å²) >= 11 is 0. The molecule has 17 heavy (non-hydrogen) atoms. The van der Waals surface area contributed by atoms with Crippen LogP contribution in [0.5, 0.6) is 0 Å². The van der Waals surface area contributed by atoms with E-state index in [2.05, 4.69) is 44.2 Å². The Morgan fingerprint density at radius 3 is 2.18 bits per heavy atom. The quantitative estimate of drug-likeness (QED) is 0.790. The van der Waals surface area contributed by atoms with E-state index in [0.717, 1.165) is 24.1 Å². The van der Waals surface area contributed by atoms with Crippen LogP contribution < -0.4 is 5.32 Å². The van der Waals surface area contributed by atoms with E-state index in [1.165, 1.54) is 12.8 Å².